The van der Waals surface area contributed by atoms with Crippen molar-refractivity contribution in [2.24, 2.45) is 0 Å². The van der Waals surface area contributed by atoms with E-state index in [4.69, 9.17) is 14.2 Å². The molecule has 0 aromatic carbocycles. The number of esters is 1. The molecular weight excluding hydrogens is 449 g/mol. The molecule has 0 bridgehead atoms. The van der Waals surface area contributed by atoms with Crippen molar-refractivity contribution in [3.63, 3.8) is 0 Å². The Balaban J connectivity index is 2.33. The number of alkyl halides is 1. The van der Waals surface area contributed by atoms with Crippen molar-refractivity contribution in [3.8, 4) is 11.8 Å². The highest BCUT2D eigenvalue weighted by atomic mass is 32.2. The van der Waals surface area contributed by atoms with Gasteiger partial charge in [0.05, 0.1) is 20.3 Å². The van der Waals surface area contributed by atoms with Crippen LogP contribution in [0.5, 0.6) is 11.8 Å². The van der Waals surface area contributed by atoms with Crippen LogP contribution in [-0.2, 0) is 19.6 Å². The van der Waals surface area contributed by atoms with Crippen LogP contribution >= 0.6 is 0 Å². The van der Waals surface area contributed by atoms with Gasteiger partial charge in [-0.3, -0.25) is 15.1 Å². The first-order valence-electron chi connectivity index (χ1n) is 9.18. The Morgan fingerprint density at radius 2 is 1.81 bits per heavy atom. The van der Waals surface area contributed by atoms with Gasteiger partial charge in [-0.2, -0.15) is 9.97 Å². The average Bonchev–Trinajstić information content (AvgIpc) is 2.75. The average molecular weight is 471 g/mol. The van der Waals surface area contributed by atoms with E-state index in [1.54, 1.807) is 4.72 Å². The summed E-state index contributed by atoms with van der Waals surface area (Å²) in [5, 5.41) is 2.14. The number of hydrogen-bond acceptors (Lipinski definition) is 10. The SMILES string of the molecule is CCC(F)C(OC(C)=O)c1ncccc1S(=O)(=O)NC(=O)Nc1nc(OC)cc(OC)n1. The van der Waals surface area contributed by atoms with Crippen LogP contribution in [0.3, 0.4) is 0 Å². The fourth-order valence-electron chi connectivity index (χ4n) is 2.51. The Morgan fingerprint density at radius 1 is 1.19 bits per heavy atom. The number of nitrogens with zero attached hydrogens (tertiary/aromatic N) is 3. The highest BCUT2D eigenvalue weighted by molar-refractivity contribution is 7.90. The fraction of sp³-hybridized carbons (Fsp3) is 0.389. The van der Waals surface area contributed by atoms with E-state index in [-0.39, 0.29) is 29.8 Å². The molecular formula is C18H22FN5O7S. The smallest absolute Gasteiger partial charge is 0.335 e. The lowest BCUT2D eigenvalue weighted by Crippen LogP contribution is -2.36. The van der Waals surface area contributed by atoms with Crippen molar-refractivity contribution in [1.29, 1.82) is 0 Å². The number of nitrogens with one attached hydrogen (secondary N) is 2. The second-order valence-corrected chi connectivity index (χ2v) is 7.83. The van der Waals surface area contributed by atoms with Crippen LogP contribution in [0, 0.1) is 0 Å². The minimum atomic E-state index is -4.56. The Bertz CT molecular complexity index is 1060. The third kappa shape index (κ3) is 6.23. The molecule has 2 aromatic heterocycles. The molecule has 0 aliphatic rings. The first-order valence-corrected chi connectivity index (χ1v) is 10.7. The molecule has 2 rings (SSSR count). The van der Waals surface area contributed by atoms with Gasteiger partial charge in [-0.05, 0) is 18.6 Å². The lowest BCUT2D eigenvalue weighted by atomic mass is 10.1. The Morgan fingerprint density at radius 3 is 2.34 bits per heavy atom. The van der Waals surface area contributed by atoms with Gasteiger partial charge in [-0.25, -0.2) is 22.3 Å². The van der Waals surface area contributed by atoms with Gasteiger partial charge in [0.2, 0.25) is 17.7 Å². The number of urea groups is 1. The summed E-state index contributed by atoms with van der Waals surface area (Å²) >= 11 is 0. The molecule has 12 nitrogen and oxygen atoms in total. The van der Waals surface area contributed by atoms with Gasteiger partial charge in [0, 0.05) is 13.1 Å². The Kier molecular flexibility index (Phi) is 8.23. The highest BCUT2D eigenvalue weighted by Crippen LogP contribution is 2.29. The molecule has 0 aliphatic heterocycles. The van der Waals surface area contributed by atoms with Gasteiger partial charge >= 0.3 is 12.0 Å². The summed E-state index contributed by atoms with van der Waals surface area (Å²) in [6, 6.07) is 2.50. The second kappa shape index (κ2) is 10.7. The van der Waals surface area contributed by atoms with E-state index in [1.807, 2.05) is 0 Å². The van der Waals surface area contributed by atoms with Gasteiger partial charge < -0.3 is 14.2 Å². The molecule has 2 heterocycles. The van der Waals surface area contributed by atoms with E-state index in [0.29, 0.717) is 0 Å². The van der Waals surface area contributed by atoms with E-state index in [0.717, 1.165) is 13.0 Å². The minimum absolute atomic E-state index is 0.0577. The number of anilines is 1. The molecule has 0 aliphatic carbocycles. The van der Waals surface area contributed by atoms with Crippen LogP contribution in [0.15, 0.2) is 29.3 Å². The minimum Gasteiger partial charge on any atom is -0.481 e. The molecule has 2 aromatic rings. The summed E-state index contributed by atoms with van der Waals surface area (Å²) < 4.78 is 56.7. The van der Waals surface area contributed by atoms with Crippen molar-refractivity contribution in [2.75, 3.05) is 19.5 Å². The van der Waals surface area contributed by atoms with E-state index in [2.05, 4.69) is 20.3 Å². The largest absolute Gasteiger partial charge is 0.481 e. The lowest BCUT2D eigenvalue weighted by Gasteiger charge is -2.21. The van der Waals surface area contributed by atoms with Gasteiger partial charge in [-0.1, -0.05) is 6.92 Å². The molecule has 174 valence electrons. The van der Waals surface area contributed by atoms with E-state index >= 15 is 0 Å². The van der Waals surface area contributed by atoms with Crippen molar-refractivity contribution in [1.82, 2.24) is 19.7 Å². The quantitative estimate of drug-likeness (QED) is 0.516. The van der Waals surface area contributed by atoms with Gasteiger partial charge in [-0.15, -0.1) is 0 Å². The second-order valence-electron chi connectivity index (χ2n) is 6.18. The van der Waals surface area contributed by atoms with E-state index in [9.17, 15) is 22.4 Å². The van der Waals surface area contributed by atoms with Crippen LogP contribution in [-0.4, -0.2) is 55.8 Å². The highest BCUT2D eigenvalue weighted by Gasteiger charge is 2.33. The summed E-state index contributed by atoms with van der Waals surface area (Å²) in [6.45, 7) is 2.55. The maximum absolute atomic E-state index is 14.5. The zero-order valence-corrected chi connectivity index (χ0v) is 18.5. The van der Waals surface area contributed by atoms with Crippen LogP contribution in [0.1, 0.15) is 32.1 Å². The fourth-order valence-corrected chi connectivity index (χ4v) is 3.62. The van der Waals surface area contributed by atoms with Crippen molar-refractivity contribution in [2.45, 2.75) is 37.4 Å². The number of halogens is 1. The first-order chi connectivity index (χ1) is 15.1. The van der Waals surface area contributed by atoms with Crippen LogP contribution < -0.4 is 19.5 Å². The number of ether oxygens (including phenoxy) is 3. The molecule has 0 saturated carbocycles. The third-order valence-corrected chi connectivity index (χ3v) is 5.30. The maximum atomic E-state index is 14.5. The molecule has 2 unspecified atom stereocenters. The predicted octanol–water partition coefficient (Wildman–Crippen LogP) is 1.75. The van der Waals surface area contributed by atoms with Crippen molar-refractivity contribution >= 4 is 28.0 Å². The summed E-state index contributed by atoms with van der Waals surface area (Å²) in [5.74, 6) is -1.01. The van der Waals surface area contributed by atoms with Gasteiger partial charge in [0.15, 0.2) is 6.10 Å². The Labute approximate surface area is 183 Å². The summed E-state index contributed by atoms with van der Waals surface area (Å²) in [4.78, 5) is 34.8. The van der Waals surface area contributed by atoms with Crippen molar-refractivity contribution < 1.29 is 36.6 Å². The molecule has 0 saturated heterocycles. The number of carbonyl (C=O) groups is 2. The number of carbonyl (C=O) groups excluding carboxylic acids is 2. The third-order valence-electron chi connectivity index (χ3n) is 3.92. The van der Waals surface area contributed by atoms with Crippen LogP contribution in [0.2, 0.25) is 0 Å². The number of aromatic nitrogens is 3. The molecule has 32 heavy (non-hydrogen) atoms. The van der Waals surface area contributed by atoms with Gasteiger partial charge in [0.1, 0.15) is 16.8 Å². The summed E-state index contributed by atoms with van der Waals surface area (Å²) in [5.41, 5.74) is -0.364. The summed E-state index contributed by atoms with van der Waals surface area (Å²) in [7, 11) is -1.91. The van der Waals surface area contributed by atoms with Crippen LogP contribution in [0.4, 0.5) is 15.1 Å². The summed E-state index contributed by atoms with van der Waals surface area (Å²) in [6.07, 6.45) is -2.17. The molecule has 2 atom stereocenters. The zero-order valence-electron chi connectivity index (χ0n) is 17.7. The standard InChI is InChI=1S/C18H22FN5O7S/c1-5-11(19)16(31-10(2)25)15-12(7-6-8-20-15)32(27,28)24-18(26)23-17-21-13(29-3)9-14(22-17)30-4/h6-9,11,16H,5H2,1-4H3,(H2,21,22,23,24,26). The monoisotopic (exact) mass is 471 g/mol. The zero-order chi connectivity index (χ0) is 23.9. The molecule has 0 fully saturated rings. The molecule has 2 N–H and O–H groups in total. The Hall–Kier alpha value is -3.55. The number of hydrogen-bond donors (Lipinski definition) is 2. The number of pyridine rings is 1. The number of methoxy groups -OCH3 is 2. The normalized spacial score (nSPS) is 12.9. The van der Waals surface area contributed by atoms with Gasteiger partial charge in [0.25, 0.3) is 10.0 Å². The topological polar surface area (TPSA) is 159 Å². The van der Waals surface area contributed by atoms with Crippen LogP contribution in [0.25, 0.3) is 0 Å². The molecule has 2 amide bonds. The number of amides is 2. The maximum Gasteiger partial charge on any atom is 0.335 e. The van der Waals surface area contributed by atoms with Crippen molar-refractivity contribution in [3.05, 3.63) is 30.1 Å². The predicted molar refractivity (Wildman–Crippen MR) is 108 cm³/mol. The molecule has 14 heteroatoms. The molecule has 0 spiro atoms. The first kappa shape index (κ1) is 24.7. The van der Waals surface area contributed by atoms with E-state index < -0.39 is 39.2 Å². The molecule has 0 radical (unpaired) electrons. The van der Waals surface area contributed by atoms with E-state index in [1.165, 1.54) is 39.5 Å². The number of rotatable bonds is 9. The number of sulfonamides is 1. The lowest BCUT2D eigenvalue weighted by molar-refractivity contribution is -0.150.